The Morgan fingerprint density at radius 3 is 2.69 bits per heavy atom. The van der Waals surface area contributed by atoms with E-state index in [0.29, 0.717) is 6.54 Å². The van der Waals surface area contributed by atoms with Crippen LogP contribution in [-0.4, -0.2) is 24.2 Å². The van der Waals surface area contributed by atoms with Crippen LogP contribution >= 0.6 is 0 Å². The molecule has 3 nitrogen and oxygen atoms in total. The van der Waals surface area contributed by atoms with E-state index < -0.39 is 5.97 Å². The number of carboxylic acid groups (broad SMARTS) is 1. The van der Waals surface area contributed by atoms with Gasteiger partial charge in [0.2, 0.25) is 0 Å². The molecule has 0 radical (unpaired) electrons. The van der Waals surface area contributed by atoms with Crippen molar-refractivity contribution in [3.8, 4) is 0 Å². The van der Waals surface area contributed by atoms with Crippen molar-refractivity contribution in [3.63, 3.8) is 0 Å². The summed E-state index contributed by atoms with van der Waals surface area (Å²) in [5.41, 5.74) is -0.0297. The van der Waals surface area contributed by atoms with Gasteiger partial charge in [-0.2, -0.15) is 0 Å². The van der Waals surface area contributed by atoms with Crippen molar-refractivity contribution in [2.75, 3.05) is 13.1 Å². The lowest BCUT2D eigenvalue weighted by molar-refractivity contribution is -0.144. The quantitative estimate of drug-likeness (QED) is 0.657. The number of aliphatic carboxylic acids is 1. The average molecular weight is 227 g/mol. The van der Waals surface area contributed by atoms with Gasteiger partial charge in [0, 0.05) is 13.1 Å². The summed E-state index contributed by atoms with van der Waals surface area (Å²) in [5.74, 6) is -0.834. The van der Waals surface area contributed by atoms with Crippen molar-refractivity contribution in [3.05, 3.63) is 0 Å². The maximum Gasteiger partial charge on any atom is 0.308 e. The minimum Gasteiger partial charge on any atom is -0.481 e. The predicted molar refractivity (Wildman–Crippen MR) is 65.5 cm³/mol. The maximum atomic E-state index is 11.1. The topological polar surface area (TPSA) is 49.3 Å². The van der Waals surface area contributed by atoms with Gasteiger partial charge in [0.1, 0.15) is 0 Å². The third-order valence-electron chi connectivity index (χ3n) is 3.87. The SMILES string of the molecule is CCCCCCCC1(C)CNCC1C(=O)O. The summed E-state index contributed by atoms with van der Waals surface area (Å²) in [5, 5.41) is 12.4. The molecule has 0 aromatic carbocycles. The van der Waals surface area contributed by atoms with E-state index >= 15 is 0 Å². The van der Waals surface area contributed by atoms with Crippen molar-refractivity contribution in [1.82, 2.24) is 5.32 Å². The molecule has 0 saturated carbocycles. The molecule has 2 atom stereocenters. The first-order valence-corrected chi connectivity index (χ1v) is 6.53. The summed E-state index contributed by atoms with van der Waals surface area (Å²) in [6.45, 7) is 5.83. The number of hydrogen-bond donors (Lipinski definition) is 2. The van der Waals surface area contributed by atoms with E-state index in [1.54, 1.807) is 0 Å². The molecule has 1 aliphatic rings. The summed E-state index contributed by atoms with van der Waals surface area (Å²) in [6, 6.07) is 0. The van der Waals surface area contributed by atoms with Crippen LogP contribution in [0.5, 0.6) is 0 Å². The molecule has 0 aromatic rings. The highest BCUT2D eigenvalue weighted by molar-refractivity contribution is 5.71. The van der Waals surface area contributed by atoms with Crippen molar-refractivity contribution < 1.29 is 9.90 Å². The van der Waals surface area contributed by atoms with Crippen LogP contribution in [0.2, 0.25) is 0 Å². The van der Waals surface area contributed by atoms with Crippen LogP contribution in [0.25, 0.3) is 0 Å². The first-order valence-electron chi connectivity index (χ1n) is 6.53. The molecule has 2 N–H and O–H groups in total. The summed E-state index contributed by atoms with van der Waals surface area (Å²) < 4.78 is 0. The van der Waals surface area contributed by atoms with Gasteiger partial charge < -0.3 is 10.4 Å². The number of hydrogen-bond acceptors (Lipinski definition) is 2. The lowest BCUT2D eigenvalue weighted by Crippen LogP contribution is -2.32. The molecule has 2 unspecified atom stereocenters. The highest BCUT2D eigenvalue weighted by Gasteiger charge is 2.42. The minimum absolute atomic E-state index is 0.0297. The molecule has 0 aliphatic carbocycles. The summed E-state index contributed by atoms with van der Waals surface area (Å²) in [6.07, 6.45) is 7.31. The monoisotopic (exact) mass is 227 g/mol. The molecule has 1 fully saturated rings. The second-order valence-electron chi connectivity index (χ2n) is 5.34. The normalized spacial score (nSPS) is 29.5. The van der Waals surface area contributed by atoms with Crippen LogP contribution in [0.4, 0.5) is 0 Å². The lowest BCUT2D eigenvalue weighted by Gasteiger charge is -2.27. The van der Waals surface area contributed by atoms with Gasteiger partial charge in [-0.15, -0.1) is 0 Å². The number of nitrogens with one attached hydrogen (secondary N) is 1. The lowest BCUT2D eigenvalue weighted by atomic mass is 9.76. The van der Waals surface area contributed by atoms with Gasteiger partial charge in [-0.25, -0.2) is 0 Å². The van der Waals surface area contributed by atoms with Crippen molar-refractivity contribution in [2.45, 2.75) is 52.4 Å². The Morgan fingerprint density at radius 2 is 2.06 bits per heavy atom. The van der Waals surface area contributed by atoms with Gasteiger partial charge in [0.25, 0.3) is 0 Å². The van der Waals surface area contributed by atoms with Crippen LogP contribution in [0.1, 0.15) is 52.4 Å². The third kappa shape index (κ3) is 3.48. The molecular formula is C13H25NO2. The fourth-order valence-electron chi connectivity index (χ4n) is 2.65. The molecule has 16 heavy (non-hydrogen) atoms. The number of carboxylic acids is 1. The van der Waals surface area contributed by atoms with Crippen LogP contribution in [0.3, 0.4) is 0 Å². The van der Waals surface area contributed by atoms with E-state index in [4.69, 9.17) is 5.11 Å². The Kier molecular flexibility index (Phi) is 5.26. The fourth-order valence-corrected chi connectivity index (χ4v) is 2.65. The van der Waals surface area contributed by atoms with E-state index in [2.05, 4.69) is 19.2 Å². The van der Waals surface area contributed by atoms with Gasteiger partial charge in [-0.3, -0.25) is 4.79 Å². The first kappa shape index (κ1) is 13.5. The van der Waals surface area contributed by atoms with Crippen LogP contribution in [0.15, 0.2) is 0 Å². The molecule has 0 bridgehead atoms. The van der Waals surface area contributed by atoms with E-state index in [1.165, 1.54) is 32.1 Å². The second-order valence-corrected chi connectivity index (χ2v) is 5.34. The van der Waals surface area contributed by atoms with E-state index in [1.807, 2.05) is 0 Å². The Balaban J connectivity index is 2.30. The predicted octanol–water partition coefficient (Wildman–Crippen LogP) is 2.66. The highest BCUT2D eigenvalue weighted by Crippen LogP contribution is 2.36. The van der Waals surface area contributed by atoms with Gasteiger partial charge in [0.15, 0.2) is 0 Å². The summed E-state index contributed by atoms with van der Waals surface area (Å²) in [7, 11) is 0. The largest absolute Gasteiger partial charge is 0.481 e. The zero-order valence-corrected chi connectivity index (χ0v) is 10.6. The van der Waals surface area contributed by atoms with Crippen LogP contribution in [-0.2, 0) is 4.79 Å². The summed E-state index contributed by atoms with van der Waals surface area (Å²) >= 11 is 0. The Morgan fingerprint density at radius 1 is 1.38 bits per heavy atom. The molecule has 94 valence electrons. The Bertz CT molecular complexity index is 230. The average Bonchev–Trinajstić information content (AvgIpc) is 2.60. The first-order chi connectivity index (χ1) is 7.60. The van der Waals surface area contributed by atoms with Crippen molar-refractivity contribution in [1.29, 1.82) is 0 Å². The molecule has 0 aromatic heterocycles. The minimum atomic E-state index is -0.638. The fraction of sp³-hybridized carbons (Fsp3) is 0.923. The maximum absolute atomic E-state index is 11.1. The van der Waals surface area contributed by atoms with Crippen LogP contribution < -0.4 is 5.32 Å². The molecule has 1 rings (SSSR count). The zero-order valence-electron chi connectivity index (χ0n) is 10.6. The molecule has 1 saturated heterocycles. The molecule has 3 heteroatoms. The van der Waals surface area contributed by atoms with Gasteiger partial charge in [0.05, 0.1) is 5.92 Å². The van der Waals surface area contributed by atoms with E-state index in [-0.39, 0.29) is 11.3 Å². The van der Waals surface area contributed by atoms with Crippen molar-refractivity contribution >= 4 is 5.97 Å². The summed E-state index contributed by atoms with van der Waals surface area (Å²) in [4.78, 5) is 11.1. The standard InChI is InChI=1S/C13H25NO2/c1-3-4-5-6-7-8-13(2)10-14-9-11(13)12(15)16/h11,14H,3-10H2,1-2H3,(H,15,16). The second kappa shape index (κ2) is 6.24. The van der Waals surface area contributed by atoms with Gasteiger partial charge >= 0.3 is 5.97 Å². The number of rotatable bonds is 7. The molecule has 0 amide bonds. The molecule has 1 heterocycles. The smallest absolute Gasteiger partial charge is 0.308 e. The van der Waals surface area contributed by atoms with E-state index in [9.17, 15) is 4.79 Å². The van der Waals surface area contributed by atoms with Gasteiger partial charge in [-0.05, 0) is 11.8 Å². The molecule has 1 aliphatic heterocycles. The van der Waals surface area contributed by atoms with Gasteiger partial charge in [-0.1, -0.05) is 46.0 Å². The number of unbranched alkanes of at least 4 members (excludes halogenated alkanes) is 4. The number of carbonyl (C=O) groups is 1. The Hall–Kier alpha value is -0.570. The highest BCUT2D eigenvalue weighted by atomic mass is 16.4. The third-order valence-corrected chi connectivity index (χ3v) is 3.87. The molecular weight excluding hydrogens is 202 g/mol. The van der Waals surface area contributed by atoms with E-state index in [0.717, 1.165) is 13.0 Å². The van der Waals surface area contributed by atoms with Crippen molar-refractivity contribution in [2.24, 2.45) is 11.3 Å². The zero-order chi connectivity index (χ0) is 12.0. The Labute approximate surface area is 98.6 Å². The molecule has 0 spiro atoms. The van der Waals surface area contributed by atoms with Crippen LogP contribution in [0, 0.1) is 11.3 Å².